The van der Waals surface area contributed by atoms with E-state index in [4.69, 9.17) is 14.0 Å². The summed E-state index contributed by atoms with van der Waals surface area (Å²) in [5.74, 6) is 2.70. The third kappa shape index (κ3) is 5.74. The molecule has 1 atom stereocenters. The first-order valence-electron chi connectivity index (χ1n) is 11.0. The number of aromatic nitrogens is 2. The lowest BCUT2D eigenvalue weighted by molar-refractivity contribution is 0.0913. The Kier molecular flexibility index (Phi) is 7.71. The lowest BCUT2D eigenvalue weighted by Crippen LogP contribution is -2.32. The van der Waals surface area contributed by atoms with Gasteiger partial charge in [0.25, 0.3) is 5.91 Å². The Hall–Kier alpha value is -2.57. The van der Waals surface area contributed by atoms with Crippen LogP contribution in [-0.2, 0) is 0 Å². The number of hydrogen-bond donors (Lipinski definition) is 1. The topological polar surface area (TPSA) is 86.5 Å². The molecule has 7 nitrogen and oxygen atoms in total. The zero-order valence-corrected chi connectivity index (χ0v) is 18.4. The van der Waals surface area contributed by atoms with Crippen LogP contribution < -0.4 is 14.8 Å². The summed E-state index contributed by atoms with van der Waals surface area (Å²) in [6, 6.07) is 4.89. The predicted octanol–water partition coefficient (Wildman–Crippen LogP) is 5.04. The molecule has 1 N–H and O–H groups in total. The zero-order valence-electron chi connectivity index (χ0n) is 18.4. The standard InChI is InChI=1S/C23H33N3O4/c1-5-6-7-8-13-29-18-12-11-17(14-19(18)28-4)22(27)24-20(15(2)3)23-25-21(26-30-23)16-9-10-16/h11-12,14-16,20H,5-10,13H2,1-4H3,(H,24,27). The number of unbranched alkanes of at least 4 members (excludes halogenated alkanes) is 3. The number of hydrogen-bond acceptors (Lipinski definition) is 6. The van der Waals surface area contributed by atoms with Gasteiger partial charge in [-0.25, -0.2) is 0 Å². The Morgan fingerprint density at radius 1 is 1.23 bits per heavy atom. The molecule has 0 radical (unpaired) electrons. The first-order valence-corrected chi connectivity index (χ1v) is 11.0. The zero-order chi connectivity index (χ0) is 21.5. The van der Waals surface area contributed by atoms with E-state index < -0.39 is 0 Å². The van der Waals surface area contributed by atoms with Crippen molar-refractivity contribution in [3.8, 4) is 11.5 Å². The summed E-state index contributed by atoms with van der Waals surface area (Å²) >= 11 is 0. The van der Waals surface area contributed by atoms with Crippen LogP contribution in [0, 0.1) is 5.92 Å². The third-order valence-electron chi connectivity index (χ3n) is 5.30. The molecule has 7 heteroatoms. The van der Waals surface area contributed by atoms with Gasteiger partial charge in [0.15, 0.2) is 17.3 Å². The van der Waals surface area contributed by atoms with Gasteiger partial charge in [0.1, 0.15) is 6.04 Å². The second-order valence-corrected chi connectivity index (χ2v) is 8.23. The van der Waals surface area contributed by atoms with Crippen molar-refractivity contribution >= 4 is 5.91 Å². The molecule has 1 aliphatic rings. The van der Waals surface area contributed by atoms with Crippen molar-refractivity contribution in [1.82, 2.24) is 15.5 Å². The van der Waals surface area contributed by atoms with Crippen LogP contribution in [0.3, 0.4) is 0 Å². The Bertz CT molecular complexity index is 830. The molecule has 1 amide bonds. The highest BCUT2D eigenvalue weighted by Gasteiger charge is 2.31. The van der Waals surface area contributed by atoms with Gasteiger partial charge < -0.3 is 19.3 Å². The fourth-order valence-electron chi connectivity index (χ4n) is 3.26. The summed E-state index contributed by atoms with van der Waals surface area (Å²) < 4.78 is 16.7. The molecule has 1 unspecified atom stereocenters. The van der Waals surface area contributed by atoms with Gasteiger partial charge in [-0.05, 0) is 43.4 Å². The van der Waals surface area contributed by atoms with Crippen LogP contribution in [0.1, 0.15) is 93.3 Å². The first kappa shape index (κ1) is 22.1. The highest BCUT2D eigenvalue weighted by atomic mass is 16.5. The van der Waals surface area contributed by atoms with E-state index in [1.165, 1.54) is 12.8 Å². The van der Waals surface area contributed by atoms with Crippen LogP contribution in [0.15, 0.2) is 22.7 Å². The van der Waals surface area contributed by atoms with Gasteiger partial charge in [0.05, 0.1) is 13.7 Å². The minimum atomic E-state index is -0.349. The Balaban J connectivity index is 1.65. The fraction of sp³-hybridized carbons (Fsp3) is 0.609. The average molecular weight is 416 g/mol. The first-order chi connectivity index (χ1) is 14.5. The van der Waals surface area contributed by atoms with Crippen molar-refractivity contribution in [3.63, 3.8) is 0 Å². The van der Waals surface area contributed by atoms with Gasteiger partial charge in [0.2, 0.25) is 5.89 Å². The van der Waals surface area contributed by atoms with Gasteiger partial charge in [-0.3, -0.25) is 4.79 Å². The van der Waals surface area contributed by atoms with E-state index in [2.05, 4.69) is 22.4 Å². The minimum Gasteiger partial charge on any atom is -0.493 e. The monoisotopic (exact) mass is 415 g/mol. The van der Waals surface area contributed by atoms with Gasteiger partial charge >= 0.3 is 0 Å². The molecule has 30 heavy (non-hydrogen) atoms. The normalized spacial score (nSPS) is 14.6. The number of rotatable bonds is 12. The van der Waals surface area contributed by atoms with E-state index >= 15 is 0 Å². The highest BCUT2D eigenvalue weighted by molar-refractivity contribution is 5.95. The molecule has 2 aromatic rings. The van der Waals surface area contributed by atoms with E-state index in [-0.39, 0.29) is 17.9 Å². The van der Waals surface area contributed by atoms with Crippen molar-refractivity contribution in [1.29, 1.82) is 0 Å². The van der Waals surface area contributed by atoms with Crippen molar-refractivity contribution < 1.29 is 18.8 Å². The second-order valence-electron chi connectivity index (χ2n) is 8.23. The van der Waals surface area contributed by atoms with Crippen LogP contribution in [0.25, 0.3) is 0 Å². The van der Waals surface area contributed by atoms with E-state index in [1.54, 1.807) is 25.3 Å². The third-order valence-corrected chi connectivity index (χ3v) is 5.30. The Morgan fingerprint density at radius 3 is 2.70 bits per heavy atom. The summed E-state index contributed by atoms with van der Waals surface area (Å²) in [4.78, 5) is 17.4. The SMILES string of the molecule is CCCCCCOc1ccc(C(=O)NC(c2nc(C3CC3)no2)C(C)C)cc1OC. The summed E-state index contributed by atoms with van der Waals surface area (Å²) in [6.45, 7) is 6.85. The van der Waals surface area contributed by atoms with E-state index in [1.807, 2.05) is 13.8 Å². The summed E-state index contributed by atoms with van der Waals surface area (Å²) in [5.41, 5.74) is 0.498. The Morgan fingerprint density at radius 2 is 2.03 bits per heavy atom. The maximum Gasteiger partial charge on any atom is 0.252 e. The summed E-state index contributed by atoms with van der Waals surface area (Å²) in [7, 11) is 1.58. The second kappa shape index (κ2) is 10.5. The highest BCUT2D eigenvalue weighted by Crippen LogP contribution is 2.38. The number of amides is 1. The van der Waals surface area contributed by atoms with E-state index in [9.17, 15) is 4.79 Å². The van der Waals surface area contributed by atoms with Gasteiger partial charge in [0, 0.05) is 11.5 Å². The molecule has 1 saturated carbocycles. The average Bonchev–Trinajstić information content (AvgIpc) is 3.48. The predicted molar refractivity (Wildman–Crippen MR) is 114 cm³/mol. The van der Waals surface area contributed by atoms with E-state index in [0.29, 0.717) is 35.5 Å². The van der Waals surface area contributed by atoms with Crippen molar-refractivity contribution in [2.24, 2.45) is 5.92 Å². The van der Waals surface area contributed by atoms with E-state index in [0.717, 1.165) is 31.5 Å². The maximum atomic E-state index is 12.9. The fourth-order valence-corrected chi connectivity index (χ4v) is 3.26. The van der Waals surface area contributed by atoms with Crippen LogP contribution in [0.4, 0.5) is 0 Å². The molecular formula is C23H33N3O4. The molecule has 164 valence electrons. The number of nitrogens with zero attached hydrogens (tertiary/aromatic N) is 2. The minimum absolute atomic E-state index is 0.106. The molecule has 1 heterocycles. The number of ether oxygens (including phenoxy) is 2. The van der Waals surface area contributed by atoms with Crippen LogP contribution in [0.2, 0.25) is 0 Å². The van der Waals surface area contributed by atoms with Gasteiger partial charge in [-0.15, -0.1) is 0 Å². The smallest absolute Gasteiger partial charge is 0.252 e. The molecule has 0 aliphatic heterocycles. The number of benzene rings is 1. The molecule has 1 fully saturated rings. The summed E-state index contributed by atoms with van der Waals surface area (Å²) in [6.07, 6.45) is 6.75. The van der Waals surface area contributed by atoms with Crippen LogP contribution in [0.5, 0.6) is 11.5 Å². The van der Waals surface area contributed by atoms with Crippen molar-refractivity contribution in [3.05, 3.63) is 35.5 Å². The van der Waals surface area contributed by atoms with Crippen molar-refractivity contribution in [2.45, 2.75) is 71.3 Å². The number of carbonyl (C=O) groups excluding carboxylic acids is 1. The summed E-state index contributed by atoms with van der Waals surface area (Å²) in [5, 5.41) is 7.10. The van der Waals surface area contributed by atoms with Crippen LogP contribution in [-0.4, -0.2) is 29.8 Å². The maximum absolute atomic E-state index is 12.9. The molecule has 1 aromatic carbocycles. The number of carbonyl (C=O) groups is 1. The molecule has 1 aromatic heterocycles. The molecule has 3 rings (SSSR count). The lowest BCUT2D eigenvalue weighted by atomic mass is 10.0. The van der Waals surface area contributed by atoms with Crippen molar-refractivity contribution in [2.75, 3.05) is 13.7 Å². The van der Waals surface area contributed by atoms with Crippen LogP contribution >= 0.6 is 0 Å². The van der Waals surface area contributed by atoms with Gasteiger partial charge in [-0.2, -0.15) is 4.98 Å². The molecule has 0 bridgehead atoms. The molecule has 0 spiro atoms. The molecular weight excluding hydrogens is 382 g/mol. The Labute approximate surface area is 178 Å². The molecule has 0 saturated heterocycles. The lowest BCUT2D eigenvalue weighted by Gasteiger charge is -2.19. The number of nitrogens with one attached hydrogen (secondary N) is 1. The van der Waals surface area contributed by atoms with Gasteiger partial charge in [-0.1, -0.05) is 45.2 Å². The molecule has 1 aliphatic carbocycles. The quantitative estimate of drug-likeness (QED) is 0.489. The number of methoxy groups -OCH3 is 1. The largest absolute Gasteiger partial charge is 0.493 e.